The van der Waals surface area contributed by atoms with Gasteiger partial charge in [-0.05, 0) is 5.92 Å². The Hall–Kier alpha value is -1.14. The lowest BCUT2D eigenvalue weighted by molar-refractivity contribution is -0.131. The van der Waals surface area contributed by atoms with Crippen molar-refractivity contribution in [2.75, 3.05) is 5.73 Å². The van der Waals surface area contributed by atoms with E-state index >= 15 is 0 Å². The van der Waals surface area contributed by atoms with E-state index in [1.807, 2.05) is 0 Å². The molecule has 1 rings (SSSR count). The molecule has 84 valence electrons. The second-order valence-corrected chi connectivity index (χ2v) is 4.47. The molecule has 0 aliphatic carbocycles. The van der Waals surface area contributed by atoms with Gasteiger partial charge in [-0.3, -0.25) is 4.79 Å². The highest BCUT2D eigenvalue weighted by Gasteiger charge is 2.18. The zero-order chi connectivity index (χ0) is 11.4. The van der Waals surface area contributed by atoms with Gasteiger partial charge in [0.25, 0.3) is 0 Å². The van der Waals surface area contributed by atoms with Gasteiger partial charge < -0.3 is 16.2 Å². The number of hydrogen-bond acceptors (Lipinski definition) is 5. The highest BCUT2D eigenvalue weighted by molar-refractivity contribution is 7.13. The number of nitrogen functional groups attached to an aromatic ring is 1. The second-order valence-electron chi connectivity index (χ2n) is 3.58. The molecule has 0 fully saturated rings. The molecule has 0 aliphatic rings. The highest BCUT2D eigenvalue weighted by Crippen LogP contribution is 2.10. The largest absolute Gasteiger partial charge is 0.383 e. The lowest BCUT2D eigenvalue weighted by Crippen LogP contribution is -2.37. The number of rotatable bonds is 4. The molecule has 0 spiro atoms. The van der Waals surface area contributed by atoms with Gasteiger partial charge in [-0.2, -0.15) is 0 Å². The van der Waals surface area contributed by atoms with Crippen LogP contribution in [0.1, 0.15) is 19.5 Å². The van der Waals surface area contributed by atoms with Crippen LogP contribution in [0.15, 0.2) is 5.38 Å². The molecule has 0 radical (unpaired) electrons. The number of anilines is 1. The van der Waals surface area contributed by atoms with Gasteiger partial charge in [-0.25, -0.2) is 4.98 Å². The molecule has 0 aliphatic heterocycles. The minimum Gasteiger partial charge on any atom is -0.383 e. The van der Waals surface area contributed by atoms with Gasteiger partial charge in [0.15, 0.2) is 5.13 Å². The average molecular weight is 229 g/mol. The van der Waals surface area contributed by atoms with Crippen molar-refractivity contribution in [3.05, 3.63) is 11.1 Å². The monoisotopic (exact) mass is 229 g/mol. The number of aromatic nitrogens is 1. The van der Waals surface area contributed by atoms with Crippen LogP contribution in [0.2, 0.25) is 0 Å². The molecule has 5 nitrogen and oxygen atoms in total. The van der Waals surface area contributed by atoms with E-state index in [1.165, 1.54) is 11.3 Å². The predicted octanol–water partition coefficient (Wildman–Crippen LogP) is 0.358. The topological polar surface area (TPSA) is 88.2 Å². The maximum atomic E-state index is 11.3. The van der Waals surface area contributed by atoms with Crippen molar-refractivity contribution >= 4 is 22.4 Å². The first kappa shape index (κ1) is 11.9. The number of nitrogens with zero attached hydrogens (tertiary/aromatic N) is 1. The van der Waals surface area contributed by atoms with Crippen molar-refractivity contribution in [1.29, 1.82) is 0 Å². The van der Waals surface area contributed by atoms with Crippen LogP contribution in [-0.4, -0.2) is 22.1 Å². The van der Waals surface area contributed by atoms with Crippen LogP contribution in [0, 0.1) is 5.92 Å². The summed E-state index contributed by atoms with van der Waals surface area (Å²) in [5.74, 6) is -0.470. The summed E-state index contributed by atoms with van der Waals surface area (Å²) in [6, 6.07) is 0. The third-order valence-electron chi connectivity index (χ3n) is 1.91. The first-order chi connectivity index (χ1) is 7.00. The van der Waals surface area contributed by atoms with Gasteiger partial charge in [-0.1, -0.05) is 13.8 Å². The molecule has 4 N–H and O–H groups in total. The maximum absolute atomic E-state index is 11.3. The second kappa shape index (κ2) is 5.09. The Morgan fingerprint density at radius 2 is 2.40 bits per heavy atom. The molecule has 1 aromatic heterocycles. The molecule has 1 unspecified atom stereocenters. The number of nitrogens with one attached hydrogen (secondary N) is 1. The van der Waals surface area contributed by atoms with Crippen molar-refractivity contribution in [3.63, 3.8) is 0 Å². The fourth-order valence-electron chi connectivity index (χ4n) is 0.989. The molecule has 6 heteroatoms. The lowest BCUT2D eigenvalue weighted by Gasteiger charge is -2.13. The van der Waals surface area contributed by atoms with Crippen molar-refractivity contribution in [2.45, 2.75) is 26.5 Å². The highest BCUT2D eigenvalue weighted by atomic mass is 32.1. The Morgan fingerprint density at radius 1 is 1.73 bits per heavy atom. The van der Waals surface area contributed by atoms with Crippen LogP contribution >= 0.6 is 11.3 Å². The molecular weight excluding hydrogens is 214 g/mol. The molecule has 1 atom stereocenters. The van der Waals surface area contributed by atoms with Crippen LogP contribution in [0.5, 0.6) is 0 Å². The maximum Gasteiger partial charge on any atom is 0.249 e. The van der Waals surface area contributed by atoms with Crippen LogP contribution in [0.25, 0.3) is 0 Å². The fraction of sp³-hybridized carbons (Fsp3) is 0.556. The van der Waals surface area contributed by atoms with E-state index in [0.29, 0.717) is 17.4 Å². The van der Waals surface area contributed by atoms with Gasteiger partial charge in [-0.15, -0.1) is 11.3 Å². The van der Waals surface area contributed by atoms with E-state index < -0.39 is 6.10 Å². The number of hydrogen-bond donors (Lipinski definition) is 3. The van der Waals surface area contributed by atoms with Crippen molar-refractivity contribution < 1.29 is 9.90 Å². The van der Waals surface area contributed by atoms with E-state index in [9.17, 15) is 9.90 Å². The smallest absolute Gasteiger partial charge is 0.249 e. The van der Waals surface area contributed by atoms with E-state index in [-0.39, 0.29) is 11.8 Å². The predicted molar refractivity (Wildman–Crippen MR) is 59.2 cm³/mol. The Balaban J connectivity index is 2.40. The van der Waals surface area contributed by atoms with Crippen LogP contribution in [-0.2, 0) is 11.3 Å². The molecule has 15 heavy (non-hydrogen) atoms. The zero-order valence-corrected chi connectivity index (χ0v) is 9.54. The fourth-order valence-corrected chi connectivity index (χ4v) is 1.55. The number of carbonyl (C=O) groups excluding carboxylic acids is 1. The minimum absolute atomic E-state index is 0.0921. The first-order valence-electron chi connectivity index (χ1n) is 4.66. The Labute approximate surface area is 92.3 Å². The summed E-state index contributed by atoms with van der Waals surface area (Å²) in [5.41, 5.74) is 6.15. The van der Waals surface area contributed by atoms with Gasteiger partial charge in [0.05, 0.1) is 12.2 Å². The number of aliphatic hydroxyl groups is 1. The summed E-state index contributed by atoms with van der Waals surface area (Å²) in [5, 5.41) is 14.3. The number of nitrogens with two attached hydrogens (primary N) is 1. The third-order valence-corrected chi connectivity index (χ3v) is 2.64. The molecule has 0 saturated heterocycles. The standard InChI is InChI=1S/C9H15N3O2S/c1-5(2)7(13)8(14)11-3-6-4-15-9(10)12-6/h4-5,7,13H,3H2,1-2H3,(H2,10,12)(H,11,14). The Morgan fingerprint density at radius 3 is 2.87 bits per heavy atom. The summed E-state index contributed by atoms with van der Waals surface area (Å²) < 4.78 is 0. The summed E-state index contributed by atoms with van der Waals surface area (Å²) >= 11 is 1.32. The van der Waals surface area contributed by atoms with E-state index in [1.54, 1.807) is 19.2 Å². The number of aliphatic hydroxyl groups excluding tert-OH is 1. The zero-order valence-electron chi connectivity index (χ0n) is 8.73. The quantitative estimate of drug-likeness (QED) is 0.695. The van der Waals surface area contributed by atoms with Crippen molar-refractivity contribution in [2.24, 2.45) is 5.92 Å². The summed E-state index contributed by atoms with van der Waals surface area (Å²) in [6.45, 7) is 3.87. The van der Waals surface area contributed by atoms with Crippen molar-refractivity contribution in [1.82, 2.24) is 10.3 Å². The molecule has 0 saturated carbocycles. The van der Waals surface area contributed by atoms with Gasteiger partial charge in [0.1, 0.15) is 6.10 Å². The molecule has 1 heterocycles. The van der Waals surface area contributed by atoms with E-state index in [0.717, 1.165) is 0 Å². The summed E-state index contributed by atoms with van der Waals surface area (Å²) in [4.78, 5) is 15.3. The molecule has 1 aromatic rings. The normalized spacial score (nSPS) is 12.8. The minimum atomic E-state index is -0.971. The molecular formula is C9H15N3O2S. The number of amides is 1. The van der Waals surface area contributed by atoms with Gasteiger partial charge in [0.2, 0.25) is 5.91 Å². The number of thiazole rings is 1. The summed E-state index contributed by atoms with van der Waals surface area (Å²) in [6.07, 6.45) is -0.971. The van der Waals surface area contributed by atoms with Crippen LogP contribution < -0.4 is 11.1 Å². The van der Waals surface area contributed by atoms with Gasteiger partial charge >= 0.3 is 0 Å². The first-order valence-corrected chi connectivity index (χ1v) is 5.54. The average Bonchev–Trinajstić information content (AvgIpc) is 2.59. The Kier molecular flexibility index (Phi) is 4.05. The van der Waals surface area contributed by atoms with Crippen LogP contribution in [0.3, 0.4) is 0 Å². The summed E-state index contributed by atoms with van der Waals surface area (Å²) in [7, 11) is 0. The molecule has 1 amide bonds. The van der Waals surface area contributed by atoms with Crippen molar-refractivity contribution in [3.8, 4) is 0 Å². The molecule has 0 aromatic carbocycles. The van der Waals surface area contributed by atoms with E-state index in [4.69, 9.17) is 5.73 Å². The third kappa shape index (κ3) is 3.49. The van der Waals surface area contributed by atoms with E-state index in [2.05, 4.69) is 10.3 Å². The number of carbonyl (C=O) groups is 1. The Bertz CT molecular complexity index is 338. The lowest BCUT2D eigenvalue weighted by atomic mass is 10.1. The molecule has 0 bridgehead atoms. The van der Waals surface area contributed by atoms with Gasteiger partial charge in [0, 0.05) is 5.38 Å². The van der Waals surface area contributed by atoms with Crippen LogP contribution in [0.4, 0.5) is 5.13 Å². The SMILES string of the molecule is CC(C)C(O)C(=O)NCc1csc(N)n1.